The Morgan fingerprint density at radius 2 is 1.54 bits per heavy atom. The third-order valence-corrected chi connectivity index (χ3v) is 7.12. The van der Waals surface area contributed by atoms with E-state index in [1.54, 1.807) is 7.05 Å². The van der Waals surface area contributed by atoms with Crippen molar-refractivity contribution >= 4 is 23.9 Å². The minimum absolute atomic E-state index is 0.0549. The van der Waals surface area contributed by atoms with E-state index in [1.807, 2.05) is 71.9 Å². The molecule has 220 valence electrons. The van der Waals surface area contributed by atoms with E-state index in [0.29, 0.717) is 6.42 Å². The summed E-state index contributed by atoms with van der Waals surface area (Å²) in [5.41, 5.74) is 0.825. The Bertz CT molecular complexity index is 938. The van der Waals surface area contributed by atoms with Crippen molar-refractivity contribution in [3.8, 4) is 0 Å². The van der Waals surface area contributed by atoms with Gasteiger partial charge in [0.25, 0.3) is 0 Å². The second-order valence-electron chi connectivity index (χ2n) is 10.8. The highest BCUT2D eigenvalue weighted by atomic mass is 16.6. The average molecular weight is 550 g/mol. The summed E-state index contributed by atoms with van der Waals surface area (Å²) in [6.45, 7) is 11.3. The number of carbonyl (C=O) groups excluding carboxylic acids is 3. The lowest BCUT2D eigenvalue weighted by molar-refractivity contribution is -0.148. The number of carboxylic acid groups (broad SMARTS) is 1. The molecular formula is C29H47N3O7. The van der Waals surface area contributed by atoms with Crippen LogP contribution >= 0.6 is 0 Å². The van der Waals surface area contributed by atoms with Crippen LogP contribution in [0.3, 0.4) is 0 Å². The second-order valence-corrected chi connectivity index (χ2v) is 10.8. The molecule has 0 aromatic heterocycles. The summed E-state index contributed by atoms with van der Waals surface area (Å²) in [6.07, 6.45) is -0.923. The molecule has 0 bridgehead atoms. The van der Waals surface area contributed by atoms with Crippen LogP contribution in [0.5, 0.6) is 0 Å². The van der Waals surface area contributed by atoms with Crippen LogP contribution in [0.4, 0.5) is 4.79 Å². The van der Waals surface area contributed by atoms with E-state index in [1.165, 1.54) is 24.0 Å². The molecule has 0 heterocycles. The Labute approximate surface area is 233 Å². The highest BCUT2D eigenvalue weighted by Gasteiger charge is 2.39. The highest BCUT2D eigenvalue weighted by molar-refractivity contribution is 5.91. The molecule has 39 heavy (non-hydrogen) atoms. The van der Waals surface area contributed by atoms with Crippen molar-refractivity contribution in [3.05, 3.63) is 35.9 Å². The zero-order valence-electron chi connectivity index (χ0n) is 24.8. The molecule has 0 saturated heterocycles. The summed E-state index contributed by atoms with van der Waals surface area (Å²) in [6, 6.07) is 6.95. The highest BCUT2D eigenvalue weighted by Crippen LogP contribution is 2.23. The van der Waals surface area contributed by atoms with Gasteiger partial charge in [-0.1, -0.05) is 78.3 Å². The van der Waals surface area contributed by atoms with Crippen molar-refractivity contribution in [3.63, 3.8) is 0 Å². The first-order valence-electron chi connectivity index (χ1n) is 13.5. The van der Waals surface area contributed by atoms with Crippen LogP contribution in [0.15, 0.2) is 30.3 Å². The zero-order chi connectivity index (χ0) is 29.9. The van der Waals surface area contributed by atoms with Crippen molar-refractivity contribution in [2.24, 2.45) is 17.8 Å². The monoisotopic (exact) mass is 549 g/mol. The Morgan fingerprint density at radius 1 is 0.949 bits per heavy atom. The summed E-state index contributed by atoms with van der Waals surface area (Å²) in [5, 5.41) is 12.2. The molecule has 0 saturated carbocycles. The number of aliphatic carboxylic acids is 1. The van der Waals surface area contributed by atoms with E-state index in [9.17, 15) is 24.3 Å². The van der Waals surface area contributed by atoms with Crippen LogP contribution in [-0.2, 0) is 30.5 Å². The van der Waals surface area contributed by atoms with Crippen molar-refractivity contribution in [2.75, 3.05) is 21.2 Å². The van der Waals surface area contributed by atoms with E-state index >= 15 is 0 Å². The molecule has 1 aromatic rings. The fourth-order valence-electron chi connectivity index (χ4n) is 4.73. The molecule has 3 amide bonds. The maximum atomic E-state index is 13.7. The van der Waals surface area contributed by atoms with E-state index in [4.69, 9.17) is 9.47 Å². The second kappa shape index (κ2) is 16.1. The Kier molecular flexibility index (Phi) is 14.0. The van der Waals surface area contributed by atoms with Gasteiger partial charge in [0.05, 0.1) is 18.6 Å². The summed E-state index contributed by atoms with van der Waals surface area (Å²) in [7, 11) is 4.55. The smallest absolute Gasteiger partial charge is 0.410 e. The van der Waals surface area contributed by atoms with Crippen LogP contribution < -0.4 is 5.32 Å². The van der Waals surface area contributed by atoms with Crippen molar-refractivity contribution < 1.29 is 33.8 Å². The molecule has 0 spiro atoms. The van der Waals surface area contributed by atoms with Crippen LogP contribution in [0.2, 0.25) is 0 Å². The Hall–Kier alpha value is -3.14. The number of methoxy groups -OCH3 is 1. The standard InChI is InChI=1S/C29H47N3O7/c1-10-20(6)26(22(38-9)16-23(33)34)31(7)28(36)24(18(2)3)30-27(35)25(19(4)5)32(8)29(37)39-17-21-14-12-11-13-15-21/h11-15,18-20,22,24-26H,10,16-17H2,1-9H3,(H,30,35)(H,33,34). The summed E-state index contributed by atoms with van der Waals surface area (Å²) >= 11 is 0. The molecular weight excluding hydrogens is 502 g/mol. The van der Waals surface area contributed by atoms with Gasteiger partial charge in [-0.3, -0.25) is 19.3 Å². The number of carboxylic acids is 1. The first kappa shape index (κ1) is 33.9. The van der Waals surface area contributed by atoms with Crippen molar-refractivity contribution in [1.29, 1.82) is 0 Å². The summed E-state index contributed by atoms with van der Waals surface area (Å²) in [4.78, 5) is 54.3. The molecule has 10 heteroatoms. The van der Waals surface area contributed by atoms with Gasteiger partial charge in [-0.15, -0.1) is 0 Å². The third-order valence-electron chi connectivity index (χ3n) is 7.12. The molecule has 2 N–H and O–H groups in total. The molecule has 0 radical (unpaired) electrons. The van der Waals surface area contributed by atoms with Crippen molar-refractivity contribution in [1.82, 2.24) is 15.1 Å². The molecule has 5 unspecified atom stereocenters. The third kappa shape index (κ3) is 9.84. The molecule has 0 aliphatic rings. The van der Waals surface area contributed by atoms with Gasteiger partial charge >= 0.3 is 12.1 Å². The van der Waals surface area contributed by atoms with Crippen LogP contribution in [0, 0.1) is 17.8 Å². The Balaban J connectivity index is 3.12. The quantitative estimate of drug-likeness (QED) is 0.341. The predicted molar refractivity (Wildman–Crippen MR) is 149 cm³/mol. The number of hydrogen-bond donors (Lipinski definition) is 2. The number of benzene rings is 1. The lowest BCUT2D eigenvalue weighted by Crippen LogP contribution is -2.60. The number of carbonyl (C=O) groups is 4. The zero-order valence-corrected chi connectivity index (χ0v) is 24.8. The fraction of sp³-hybridized carbons (Fsp3) is 0.655. The minimum atomic E-state index is -1.02. The number of likely N-dealkylation sites (N-methyl/N-ethyl adjacent to an activating group) is 2. The number of amides is 3. The summed E-state index contributed by atoms with van der Waals surface area (Å²) < 4.78 is 10.9. The van der Waals surface area contributed by atoms with Crippen LogP contribution in [0.25, 0.3) is 0 Å². The fourth-order valence-corrected chi connectivity index (χ4v) is 4.73. The largest absolute Gasteiger partial charge is 0.481 e. The minimum Gasteiger partial charge on any atom is -0.481 e. The SMILES string of the molecule is CCC(C)C(C(CC(=O)O)OC)N(C)C(=O)C(NC(=O)C(C(C)C)N(C)C(=O)OCc1ccccc1)C(C)C. The van der Waals surface area contributed by atoms with Gasteiger partial charge in [-0.05, 0) is 23.3 Å². The van der Waals surface area contributed by atoms with Gasteiger partial charge in [0.2, 0.25) is 11.8 Å². The van der Waals surface area contributed by atoms with Gasteiger partial charge in [0, 0.05) is 21.2 Å². The molecule has 0 aliphatic carbocycles. The average Bonchev–Trinajstić information content (AvgIpc) is 2.89. The molecule has 1 rings (SSSR count). The molecule has 0 aliphatic heterocycles. The lowest BCUT2D eigenvalue weighted by atomic mass is 9.90. The Morgan fingerprint density at radius 3 is 2.00 bits per heavy atom. The number of ether oxygens (including phenoxy) is 2. The van der Waals surface area contributed by atoms with Gasteiger partial charge in [0.1, 0.15) is 18.7 Å². The first-order chi connectivity index (χ1) is 18.3. The maximum absolute atomic E-state index is 13.7. The number of nitrogens with zero attached hydrogens (tertiary/aromatic N) is 2. The van der Waals surface area contributed by atoms with Gasteiger partial charge in [-0.2, -0.15) is 0 Å². The summed E-state index contributed by atoms with van der Waals surface area (Å²) in [5.74, 6) is -2.44. The van der Waals surface area contributed by atoms with E-state index in [2.05, 4.69) is 5.32 Å². The van der Waals surface area contributed by atoms with Gasteiger partial charge in [-0.25, -0.2) is 4.79 Å². The topological polar surface area (TPSA) is 125 Å². The van der Waals surface area contributed by atoms with E-state index in [0.717, 1.165) is 5.56 Å². The van der Waals surface area contributed by atoms with Crippen LogP contribution in [-0.4, -0.2) is 84.2 Å². The molecule has 10 nitrogen and oxygen atoms in total. The lowest BCUT2D eigenvalue weighted by Gasteiger charge is -2.40. The number of nitrogens with one attached hydrogen (secondary N) is 1. The molecule has 1 aromatic carbocycles. The normalized spacial score (nSPS) is 15.2. The predicted octanol–water partition coefficient (Wildman–Crippen LogP) is 3.78. The maximum Gasteiger partial charge on any atom is 0.410 e. The van der Waals surface area contributed by atoms with E-state index < -0.39 is 42.2 Å². The van der Waals surface area contributed by atoms with Gasteiger partial charge < -0.3 is 24.8 Å². The molecule has 0 fully saturated rings. The van der Waals surface area contributed by atoms with Crippen LogP contribution in [0.1, 0.15) is 59.9 Å². The van der Waals surface area contributed by atoms with Gasteiger partial charge in [0.15, 0.2) is 0 Å². The molecule has 5 atom stereocenters. The van der Waals surface area contributed by atoms with E-state index in [-0.39, 0.29) is 36.7 Å². The van der Waals surface area contributed by atoms with Crippen molar-refractivity contribution in [2.45, 2.75) is 85.2 Å². The first-order valence-corrected chi connectivity index (χ1v) is 13.5. The number of rotatable bonds is 15. The number of hydrogen-bond acceptors (Lipinski definition) is 6.